The van der Waals surface area contributed by atoms with Crippen LogP contribution in [0, 0.1) is 6.92 Å². The number of hydrogen-bond acceptors (Lipinski definition) is 6. The lowest BCUT2D eigenvalue weighted by atomic mass is 10.0. The maximum atomic E-state index is 10.3. The molecule has 7 heteroatoms. The van der Waals surface area contributed by atoms with Gasteiger partial charge in [-0.1, -0.05) is 19.6 Å². The molecule has 7 nitrogen and oxygen atoms in total. The number of benzene rings is 1. The minimum atomic E-state index is -1.02. The SMILES string of the molecule is C=C(Nc1ccc(C)c(CCc2cc(Nc3cc(CC)ccn3)n(C(C)(C)C)n2)c1)c1ccnc(C(C)(C)O)c1. The van der Waals surface area contributed by atoms with Gasteiger partial charge >= 0.3 is 0 Å². The van der Waals surface area contributed by atoms with Gasteiger partial charge in [0.2, 0.25) is 0 Å². The van der Waals surface area contributed by atoms with Crippen LogP contribution >= 0.6 is 0 Å². The molecule has 0 saturated carbocycles. The average molecular weight is 539 g/mol. The molecule has 0 aliphatic carbocycles. The lowest BCUT2D eigenvalue weighted by Gasteiger charge is -2.22. The number of rotatable bonds is 10. The molecule has 0 atom stereocenters. The number of hydrogen-bond donors (Lipinski definition) is 3. The van der Waals surface area contributed by atoms with Crippen molar-refractivity contribution in [3.63, 3.8) is 0 Å². The highest BCUT2D eigenvalue weighted by Crippen LogP contribution is 2.27. The van der Waals surface area contributed by atoms with Crippen LogP contribution in [0.15, 0.2) is 67.5 Å². The van der Waals surface area contributed by atoms with E-state index in [0.29, 0.717) is 5.69 Å². The molecule has 4 aromatic rings. The first-order chi connectivity index (χ1) is 18.8. The van der Waals surface area contributed by atoms with E-state index in [-0.39, 0.29) is 5.54 Å². The number of pyridine rings is 2. The molecule has 0 bridgehead atoms. The van der Waals surface area contributed by atoms with Gasteiger partial charge in [-0.15, -0.1) is 0 Å². The van der Waals surface area contributed by atoms with Crippen LogP contribution in [-0.2, 0) is 30.4 Å². The minimum absolute atomic E-state index is 0.179. The highest BCUT2D eigenvalue weighted by atomic mass is 16.3. The Kier molecular flexibility index (Phi) is 8.45. The largest absolute Gasteiger partial charge is 0.384 e. The fraction of sp³-hybridized carbons (Fsp3) is 0.364. The third-order valence-electron chi connectivity index (χ3n) is 6.91. The van der Waals surface area contributed by atoms with Crippen LogP contribution in [0.3, 0.4) is 0 Å². The summed E-state index contributed by atoms with van der Waals surface area (Å²) in [5, 5.41) is 22.2. The van der Waals surface area contributed by atoms with E-state index in [1.54, 1.807) is 20.0 Å². The van der Waals surface area contributed by atoms with Gasteiger partial charge in [0.05, 0.1) is 16.9 Å². The minimum Gasteiger partial charge on any atom is -0.384 e. The molecule has 210 valence electrons. The van der Waals surface area contributed by atoms with Gasteiger partial charge in [-0.2, -0.15) is 5.10 Å². The van der Waals surface area contributed by atoms with Crippen LogP contribution in [0.2, 0.25) is 0 Å². The van der Waals surface area contributed by atoms with E-state index in [0.717, 1.165) is 53.5 Å². The summed E-state index contributed by atoms with van der Waals surface area (Å²) >= 11 is 0. The molecule has 0 saturated heterocycles. The van der Waals surface area contributed by atoms with E-state index in [4.69, 9.17) is 5.10 Å². The summed E-state index contributed by atoms with van der Waals surface area (Å²) in [5.41, 5.74) is 6.78. The van der Waals surface area contributed by atoms with Crippen LogP contribution < -0.4 is 10.6 Å². The van der Waals surface area contributed by atoms with Crippen LogP contribution in [0.4, 0.5) is 17.3 Å². The van der Waals surface area contributed by atoms with Gasteiger partial charge in [-0.05, 0) is 114 Å². The molecule has 0 aliphatic heterocycles. The maximum absolute atomic E-state index is 10.3. The zero-order valence-corrected chi connectivity index (χ0v) is 24.8. The van der Waals surface area contributed by atoms with Gasteiger partial charge < -0.3 is 15.7 Å². The Morgan fingerprint density at radius 1 is 0.950 bits per heavy atom. The molecule has 40 heavy (non-hydrogen) atoms. The molecule has 4 rings (SSSR count). The number of nitrogens with zero attached hydrogens (tertiary/aromatic N) is 4. The van der Waals surface area contributed by atoms with E-state index in [2.05, 4.69) is 92.1 Å². The first-order valence-electron chi connectivity index (χ1n) is 13.9. The molecule has 0 fully saturated rings. The zero-order valence-electron chi connectivity index (χ0n) is 24.8. The van der Waals surface area contributed by atoms with Gasteiger partial charge in [-0.3, -0.25) is 4.98 Å². The number of aromatic nitrogens is 4. The predicted octanol–water partition coefficient (Wildman–Crippen LogP) is 7.14. The molecule has 0 radical (unpaired) electrons. The average Bonchev–Trinajstić information content (AvgIpc) is 3.32. The second-order valence-corrected chi connectivity index (χ2v) is 11.9. The van der Waals surface area contributed by atoms with Crippen molar-refractivity contribution in [2.75, 3.05) is 10.6 Å². The van der Waals surface area contributed by atoms with Gasteiger partial charge in [0.15, 0.2) is 0 Å². The first-order valence-corrected chi connectivity index (χ1v) is 13.9. The van der Waals surface area contributed by atoms with E-state index < -0.39 is 5.60 Å². The van der Waals surface area contributed by atoms with Crippen molar-refractivity contribution < 1.29 is 5.11 Å². The highest BCUT2D eigenvalue weighted by Gasteiger charge is 2.21. The van der Waals surface area contributed by atoms with E-state index in [1.165, 1.54) is 16.7 Å². The number of aliphatic hydroxyl groups is 1. The normalized spacial score (nSPS) is 11.9. The van der Waals surface area contributed by atoms with Gasteiger partial charge in [-0.25, -0.2) is 9.67 Å². The Morgan fingerprint density at radius 3 is 2.40 bits per heavy atom. The summed E-state index contributed by atoms with van der Waals surface area (Å²) in [5.74, 6) is 1.77. The standard InChI is InChI=1S/C33H42N6O/c1-9-24-14-16-35-30(18-24)37-31-21-28(38-39(31)32(4,5)6)13-11-25-19-27(12-10-22(25)2)36-23(3)26-15-17-34-29(20-26)33(7,8)40/h10,12,14-21,36,40H,3,9,11,13H2,1-2,4-8H3,(H,35,37). The monoisotopic (exact) mass is 538 g/mol. The van der Waals surface area contributed by atoms with Gasteiger partial charge in [0.1, 0.15) is 17.2 Å². The van der Waals surface area contributed by atoms with Crippen LogP contribution in [-0.4, -0.2) is 24.9 Å². The second-order valence-electron chi connectivity index (χ2n) is 11.9. The molecule has 3 N–H and O–H groups in total. The molecule has 3 heterocycles. The second kappa shape index (κ2) is 11.6. The van der Waals surface area contributed by atoms with Crippen LogP contribution in [0.1, 0.15) is 75.2 Å². The summed E-state index contributed by atoms with van der Waals surface area (Å²) in [4.78, 5) is 8.81. The lowest BCUT2D eigenvalue weighted by Crippen LogP contribution is -2.24. The van der Waals surface area contributed by atoms with Crippen molar-refractivity contribution in [2.45, 2.75) is 78.9 Å². The van der Waals surface area contributed by atoms with Crippen molar-refractivity contribution in [3.8, 4) is 0 Å². The summed E-state index contributed by atoms with van der Waals surface area (Å²) < 4.78 is 2.05. The molecule has 0 aliphatic rings. The van der Waals surface area contributed by atoms with Crippen molar-refractivity contribution in [1.29, 1.82) is 0 Å². The lowest BCUT2D eigenvalue weighted by molar-refractivity contribution is 0.0738. The number of anilines is 3. The molecule has 0 amide bonds. The molecule has 0 spiro atoms. The van der Waals surface area contributed by atoms with Crippen LogP contribution in [0.25, 0.3) is 5.70 Å². The Hall–Kier alpha value is -3.97. The fourth-order valence-electron chi connectivity index (χ4n) is 4.53. The molecular formula is C33H42N6O. The topological polar surface area (TPSA) is 87.9 Å². The Labute approximate surface area is 238 Å². The van der Waals surface area contributed by atoms with Crippen molar-refractivity contribution in [2.24, 2.45) is 0 Å². The van der Waals surface area contributed by atoms with Gasteiger partial charge in [0.25, 0.3) is 0 Å². The summed E-state index contributed by atoms with van der Waals surface area (Å²) in [7, 11) is 0. The zero-order chi connectivity index (χ0) is 29.1. The first kappa shape index (κ1) is 29.0. The van der Waals surface area contributed by atoms with Crippen LogP contribution in [0.5, 0.6) is 0 Å². The maximum Gasteiger partial charge on any atom is 0.131 e. The fourth-order valence-corrected chi connectivity index (χ4v) is 4.53. The number of aryl methyl sites for hydroxylation is 4. The molecular weight excluding hydrogens is 496 g/mol. The highest BCUT2D eigenvalue weighted by molar-refractivity contribution is 5.75. The molecule has 3 aromatic heterocycles. The summed E-state index contributed by atoms with van der Waals surface area (Å²) in [6.45, 7) is 18.4. The Balaban J connectivity index is 1.50. The van der Waals surface area contributed by atoms with Crippen molar-refractivity contribution in [3.05, 3.63) is 101 Å². The van der Waals surface area contributed by atoms with Crippen molar-refractivity contribution in [1.82, 2.24) is 19.7 Å². The Morgan fingerprint density at radius 2 is 1.70 bits per heavy atom. The summed E-state index contributed by atoms with van der Waals surface area (Å²) in [6.07, 6.45) is 6.18. The quantitative estimate of drug-likeness (QED) is 0.199. The van der Waals surface area contributed by atoms with Crippen molar-refractivity contribution >= 4 is 23.0 Å². The van der Waals surface area contributed by atoms with E-state index in [1.807, 2.05) is 29.1 Å². The van der Waals surface area contributed by atoms with Gasteiger partial charge in [0, 0.05) is 35.4 Å². The molecule has 1 aromatic carbocycles. The molecule has 0 unspecified atom stereocenters. The third kappa shape index (κ3) is 7.16. The summed E-state index contributed by atoms with van der Waals surface area (Å²) in [6, 6.07) is 16.4. The third-order valence-corrected chi connectivity index (χ3v) is 6.91. The Bertz CT molecular complexity index is 1490. The van der Waals surface area contributed by atoms with E-state index in [9.17, 15) is 5.11 Å². The predicted molar refractivity (Wildman–Crippen MR) is 165 cm³/mol. The van der Waals surface area contributed by atoms with E-state index >= 15 is 0 Å². The number of nitrogens with one attached hydrogen (secondary N) is 2. The smallest absolute Gasteiger partial charge is 0.131 e.